The fourth-order valence-corrected chi connectivity index (χ4v) is 3.66. The maximum atomic E-state index is 13.0. The molecule has 1 amide bonds. The van der Waals surface area contributed by atoms with Crippen molar-refractivity contribution < 1.29 is 19.1 Å². The topological polar surface area (TPSA) is 123 Å². The number of aryl methyl sites for hydroxylation is 1. The first-order valence-corrected chi connectivity index (χ1v) is 10.4. The number of pyridine rings is 2. The Balaban J connectivity index is 1.51. The molecule has 0 aliphatic carbocycles. The van der Waals surface area contributed by atoms with Crippen molar-refractivity contribution in [3.8, 4) is 22.6 Å². The fraction of sp³-hybridized carbons (Fsp3) is 0.0800. The molecule has 0 aliphatic heterocycles. The molecule has 0 saturated carbocycles. The standard InChI is InChI=1S/C25H19N5O4/c1-15-9-17(7-8-26-15)25-29-21(14-34-25)24(33)28-20-13-30-12-18(10-23(31)32)27-22(30)11-19(20)16-5-3-2-4-6-16/h2-9,11-14H,10H2,1H3,(H,28,33)(H,31,32). The SMILES string of the molecule is Cc1cc(-c2nc(C(=O)Nc3cn4cc(CC(=O)O)nc4cc3-c3ccccc3)co2)ccn1. The predicted molar refractivity (Wildman–Crippen MR) is 124 cm³/mol. The monoisotopic (exact) mass is 453 g/mol. The number of fused-ring (bicyclic) bond motifs is 1. The molecule has 0 radical (unpaired) electrons. The second-order valence-corrected chi connectivity index (χ2v) is 7.71. The van der Waals surface area contributed by atoms with Gasteiger partial charge in [0.2, 0.25) is 5.89 Å². The molecule has 0 spiro atoms. The van der Waals surface area contributed by atoms with Gasteiger partial charge in [-0.3, -0.25) is 14.6 Å². The summed E-state index contributed by atoms with van der Waals surface area (Å²) in [7, 11) is 0. The summed E-state index contributed by atoms with van der Waals surface area (Å²) in [5.74, 6) is -1.09. The van der Waals surface area contributed by atoms with Gasteiger partial charge < -0.3 is 19.2 Å². The molecule has 5 rings (SSSR count). The number of nitrogens with one attached hydrogen (secondary N) is 1. The van der Waals surface area contributed by atoms with E-state index in [1.807, 2.05) is 49.4 Å². The van der Waals surface area contributed by atoms with Crippen LogP contribution in [0.2, 0.25) is 0 Å². The number of aliphatic carboxylic acids is 1. The van der Waals surface area contributed by atoms with Crippen LogP contribution < -0.4 is 5.32 Å². The third kappa shape index (κ3) is 4.26. The zero-order valence-corrected chi connectivity index (χ0v) is 18.1. The average molecular weight is 453 g/mol. The number of oxazole rings is 1. The van der Waals surface area contributed by atoms with Crippen LogP contribution in [0.4, 0.5) is 5.69 Å². The number of carboxylic acids is 1. The number of benzene rings is 1. The van der Waals surface area contributed by atoms with Crippen LogP contribution in [0.1, 0.15) is 21.9 Å². The van der Waals surface area contributed by atoms with Gasteiger partial charge in [0.05, 0.1) is 17.8 Å². The fourth-order valence-electron chi connectivity index (χ4n) is 3.66. The highest BCUT2D eigenvalue weighted by atomic mass is 16.4. The van der Waals surface area contributed by atoms with Gasteiger partial charge in [-0.05, 0) is 30.7 Å². The number of aromatic nitrogens is 4. The van der Waals surface area contributed by atoms with Crippen LogP contribution in [0.25, 0.3) is 28.2 Å². The quantitative estimate of drug-likeness (QED) is 0.394. The number of carbonyl (C=O) groups excluding carboxylic acids is 1. The molecule has 1 aromatic carbocycles. The van der Waals surface area contributed by atoms with E-state index in [2.05, 4.69) is 20.3 Å². The van der Waals surface area contributed by atoms with E-state index in [9.17, 15) is 9.59 Å². The molecular formula is C25H19N5O4. The summed E-state index contributed by atoms with van der Waals surface area (Å²) in [4.78, 5) is 37.0. The molecule has 34 heavy (non-hydrogen) atoms. The minimum absolute atomic E-state index is 0.126. The van der Waals surface area contributed by atoms with E-state index in [0.29, 0.717) is 22.9 Å². The summed E-state index contributed by atoms with van der Waals surface area (Å²) >= 11 is 0. The van der Waals surface area contributed by atoms with Crippen LogP contribution in [0, 0.1) is 6.92 Å². The van der Waals surface area contributed by atoms with Gasteiger partial charge in [0.1, 0.15) is 11.9 Å². The zero-order valence-electron chi connectivity index (χ0n) is 18.1. The highest BCUT2D eigenvalue weighted by molar-refractivity contribution is 6.05. The number of nitrogens with zero attached hydrogens (tertiary/aromatic N) is 4. The molecule has 0 bridgehead atoms. The first-order valence-electron chi connectivity index (χ1n) is 10.4. The van der Waals surface area contributed by atoms with E-state index in [1.54, 1.807) is 29.1 Å². The van der Waals surface area contributed by atoms with E-state index in [0.717, 1.165) is 22.4 Å². The minimum atomic E-state index is -0.966. The highest BCUT2D eigenvalue weighted by Crippen LogP contribution is 2.30. The van der Waals surface area contributed by atoms with E-state index in [1.165, 1.54) is 6.26 Å². The normalized spacial score (nSPS) is 11.0. The summed E-state index contributed by atoms with van der Waals surface area (Å²) in [6.07, 6.45) is 6.11. The third-order valence-electron chi connectivity index (χ3n) is 5.19. The summed E-state index contributed by atoms with van der Waals surface area (Å²) in [6.45, 7) is 1.86. The maximum Gasteiger partial charge on any atom is 0.309 e. The lowest BCUT2D eigenvalue weighted by Crippen LogP contribution is -2.13. The number of hydrogen-bond donors (Lipinski definition) is 2. The van der Waals surface area contributed by atoms with Crippen LogP contribution >= 0.6 is 0 Å². The van der Waals surface area contributed by atoms with Crippen LogP contribution in [-0.2, 0) is 11.2 Å². The molecule has 5 aromatic rings. The Labute approximate surface area is 193 Å². The van der Waals surface area contributed by atoms with Crippen molar-refractivity contribution in [2.75, 3.05) is 5.32 Å². The van der Waals surface area contributed by atoms with Crippen molar-refractivity contribution in [3.05, 3.63) is 90.5 Å². The Morgan fingerprint density at radius 2 is 1.88 bits per heavy atom. The molecule has 4 aromatic heterocycles. The molecule has 2 N–H and O–H groups in total. The van der Waals surface area contributed by atoms with Crippen LogP contribution in [-0.4, -0.2) is 36.3 Å². The number of amides is 1. The maximum absolute atomic E-state index is 13.0. The molecule has 0 aliphatic rings. The van der Waals surface area contributed by atoms with E-state index in [-0.39, 0.29) is 12.1 Å². The van der Waals surface area contributed by atoms with Gasteiger partial charge in [-0.15, -0.1) is 0 Å². The summed E-state index contributed by atoms with van der Waals surface area (Å²) in [6, 6.07) is 14.9. The molecule has 0 unspecified atom stereocenters. The van der Waals surface area contributed by atoms with Gasteiger partial charge in [-0.25, -0.2) is 9.97 Å². The lowest BCUT2D eigenvalue weighted by atomic mass is 10.1. The van der Waals surface area contributed by atoms with Crippen LogP contribution in [0.5, 0.6) is 0 Å². The number of carboxylic acid groups (broad SMARTS) is 1. The minimum Gasteiger partial charge on any atom is -0.481 e. The molecule has 9 nitrogen and oxygen atoms in total. The number of anilines is 1. The summed E-state index contributed by atoms with van der Waals surface area (Å²) in [5, 5.41) is 12.0. The molecule has 9 heteroatoms. The highest BCUT2D eigenvalue weighted by Gasteiger charge is 2.18. The lowest BCUT2D eigenvalue weighted by Gasteiger charge is -2.11. The Morgan fingerprint density at radius 3 is 2.65 bits per heavy atom. The Morgan fingerprint density at radius 1 is 1.06 bits per heavy atom. The first kappa shape index (κ1) is 21.1. The van der Waals surface area contributed by atoms with Gasteiger partial charge in [-0.1, -0.05) is 30.3 Å². The molecule has 0 saturated heterocycles. The second-order valence-electron chi connectivity index (χ2n) is 7.71. The lowest BCUT2D eigenvalue weighted by molar-refractivity contribution is -0.136. The van der Waals surface area contributed by atoms with Crippen molar-refractivity contribution in [1.82, 2.24) is 19.4 Å². The molecular weight excluding hydrogens is 434 g/mol. The van der Waals surface area contributed by atoms with E-state index in [4.69, 9.17) is 9.52 Å². The number of imidazole rings is 1. The van der Waals surface area contributed by atoms with E-state index >= 15 is 0 Å². The van der Waals surface area contributed by atoms with Gasteiger partial charge in [0.15, 0.2) is 5.69 Å². The predicted octanol–water partition coefficient (Wildman–Crippen LogP) is 4.24. The first-order chi connectivity index (χ1) is 16.5. The summed E-state index contributed by atoms with van der Waals surface area (Å²) in [5.41, 5.74) is 4.78. The molecule has 0 atom stereocenters. The van der Waals surface area contributed by atoms with Crippen molar-refractivity contribution in [2.24, 2.45) is 0 Å². The van der Waals surface area contributed by atoms with Crippen molar-refractivity contribution in [3.63, 3.8) is 0 Å². The molecule has 0 fully saturated rings. The van der Waals surface area contributed by atoms with Gasteiger partial charge in [0.25, 0.3) is 5.91 Å². The van der Waals surface area contributed by atoms with Crippen molar-refractivity contribution in [2.45, 2.75) is 13.3 Å². The number of hydrogen-bond acceptors (Lipinski definition) is 6. The number of rotatable bonds is 6. The zero-order chi connectivity index (χ0) is 23.7. The molecule has 4 heterocycles. The third-order valence-corrected chi connectivity index (χ3v) is 5.19. The van der Waals surface area contributed by atoms with E-state index < -0.39 is 11.9 Å². The Hall–Kier alpha value is -4.79. The number of carbonyl (C=O) groups is 2. The Kier molecular flexibility index (Phi) is 5.35. The molecule has 168 valence electrons. The largest absolute Gasteiger partial charge is 0.481 e. The van der Waals surface area contributed by atoms with Crippen molar-refractivity contribution in [1.29, 1.82) is 0 Å². The van der Waals surface area contributed by atoms with Gasteiger partial charge in [-0.2, -0.15) is 0 Å². The Bertz CT molecular complexity index is 1520. The summed E-state index contributed by atoms with van der Waals surface area (Å²) < 4.78 is 7.21. The van der Waals surface area contributed by atoms with Gasteiger partial charge in [0, 0.05) is 35.4 Å². The second kappa shape index (κ2) is 8.62. The van der Waals surface area contributed by atoms with Crippen LogP contribution in [0.15, 0.2) is 77.8 Å². The van der Waals surface area contributed by atoms with Crippen molar-refractivity contribution >= 4 is 23.2 Å². The van der Waals surface area contributed by atoms with Gasteiger partial charge >= 0.3 is 5.97 Å². The smallest absolute Gasteiger partial charge is 0.309 e. The average Bonchev–Trinajstić information content (AvgIpc) is 3.45. The van der Waals surface area contributed by atoms with Crippen LogP contribution in [0.3, 0.4) is 0 Å².